The third-order valence-corrected chi connectivity index (χ3v) is 3.86. The third-order valence-electron chi connectivity index (χ3n) is 3.86. The summed E-state index contributed by atoms with van der Waals surface area (Å²) in [6.07, 6.45) is 0. The van der Waals surface area contributed by atoms with Crippen LogP contribution < -0.4 is 20.9 Å². The number of hydrogen-bond donors (Lipinski definition) is 2. The summed E-state index contributed by atoms with van der Waals surface area (Å²) >= 11 is 0. The highest BCUT2D eigenvalue weighted by atomic mass is 16.5. The predicted molar refractivity (Wildman–Crippen MR) is 97.0 cm³/mol. The molecule has 0 atom stereocenters. The molecule has 0 radical (unpaired) electrons. The fourth-order valence-electron chi connectivity index (χ4n) is 2.69. The Labute approximate surface area is 140 Å². The number of nitrogens with zero attached hydrogens (tertiary/aromatic N) is 1. The first-order valence-corrected chi connectivity index (χ1v) is 7.48. The molecule has 122 valence electrons. The molecule has 0 amide bonds. The lowest BCUT2D eigenvalue weighted by molar-refractivity contribution is 0.355. The lowest BCUT2D eigenvalue weighted by atomic mass is 9.94. The molecule has 0 spiro atoms. The van der Waals surface area contributed by atoms with Crippen LogP contribution >= 0.6 is 0 Å². The molecule has 0 saturated heterocycles. The second-order valence-electron chi connectivity index (χ2n) is 5.28. The van der Waals surface area contributed by atoms with Gasteiger partial charge in [0.1, 0.15) is 11.6 Å². The van der Waals surface area contributed by atoms with Gasteiger partial charge in [0.15, 0.2) is 11.5 Å². The van der Waals surface area contributed by atoms with Crippen molar-refractivity contribution >= 4 is 11.6 Å². The molecule has 0 bridgehead atoms. The van der Waals surface area contributed by atoms with Gasteiger partial charge in [-0.1, -0.05) is 30.3 Å². The third kappa shape index (κ3) is 2.84. The molecule has 1 aromatic heterocycles. The predicted octanol–water partition coefficient (Wildman–Crippen LogP) is 3.60. The van der Waals surface area contributed by atoms with Crippen LogP contribution in [0.15, 0.2) is 54.6 Å². The molecule has 5 heteroatoms. The van der Waals surface area contributed by atoms with E-state index in [0.717, 1.165) is 22.3 Å². The van der Waals surface area contributed by atoms with Gasteiger partial charge in [0.25, 0.3) is 0 Å². The van der Waals surface area contributed by atoms with Crippen LogP contribution in [0, 0.1) is 0 Å². The normalized spacial score (nSPS) is 10.4. The molecular weight excluding hydrogens is 302 g/mol. The summed E-state index contributed by atoms with van der Waals surface area (Å²) in [6.45, 7) is 0. The minimum atomic E-state index is 0.403. The Bertz CT molecular complexity index is 878. The van der Waals surface area contributed by atoms with E-state index in [4.69, 9.17) is 20.9 Å². The molecule has 1 heterocycles. The summed E-state index contributed by atoms with van der Waals surface area (Å²) in [7, 11) is 3.24. The molecular formula is C19H19N3O2. The zero-order valence-corrected chi connectivity index (χ0v) is 13.6. The highest BCUT2D eigenvalue weighted by Gasteiger charge is 2.13. The molecule has 3 aromatic rings. The van der Waals surface area contributed by atoms with Gasteiger partial charge in [-0.3, -0.25) is 0 Å². The maximum atomic E-state index is 6.07. The van der Waals surface area contributed by atoms with Crippen LogP contribution in [0.4, 0.5) is 11.6 Å². The number of rotatable bonds is 4. The van der Waals surface area contributed by atoms with E-state index in [-0.39, 0.29) is 0 Å². The fourth-order valence-corrected chi connectivity index (χ4v) is 2.69. The van der Waals surface area contributed by atoms with Crippen molar-refractivity contribution in [3.63, 3.8) is 0 Å². The zero-order valence-electron chi connectivity index (χ0n) is 13.6. The van der Waals surface area contributed by atoms with Crippen LogP contribution in [0.1, 0.15) is 0 Å². The molecule has 5 nitrogen and oxygen atoms in total. The maximum absolute atomic E-state index is 6.07. The first-order chi connectivity index (χ1) is 11.6. The lowest BCUT2D eigenvalue weighted by Crippen LogP contribution is -1.99. The summed E-state index contributed by atoms with van der Waals surface area (Å²) in [5.41, 5.74) is 15.6. The van der Waals surface area contributed by atoms with E-state index in [9.17, 15) is 0 Å². The largest absolute Gasteiger partial charge is 0.493 e. The van der Waals surface area contributed by atoms with Gasteiger partial charge in [-0.05, 0) is 41.0 Å². The van der Waals surface area contributed by atoms with Crippen molar-refractivity contribution < 1.29 is 9.47 Å². The van der Waals surface area contributed by atoms with E-state index in [1.807, 2.05) is 48.5 Å². The minimum absolute atomic E-state index is 0.403. The molecule has 2 aromatic carbocycles. The summed E-state index contributed by atoms with van der Waals surface area (Å²) in [5.74, 6) is 2.17. The molecule has 0 aliphatic rings. The molecule has 0 saturated carbocycles. The number of nitrogen functional groups attached to an aromatic ring is 2. The quantitative estimate of drug-likeness (QED) is 0.767. The summed E-state index contributed by atoms with van der Waals surface area (Å²) in [6, 6.07) is 17.4. The maximum Gasteiger partial charge on any atom is 0.161 e. The van der Waals surface area contributed by atoms with Crippen molar-refractivity contribution in [3.05, 3.63) is 54.6 Å². The first-order valence-electron chi connectivity index (χ1n) is 7.48. The van der Waals surface area contributed by atoms with E-state index in [0.29, 0.717) is 23.1 Å². The number of benzene rings is 2. The number of hydrogen-bond acceptors (Lipinski definition) is 5. The van der Waals surface area contributed by atoms with E-state index in [2.05, 4.69) is 4.98 Å². The molecule has 3 rings (SSSR count). The monoisotopic (exact) mass is 321 g/mol. The number of methoxy groups -OCH3 is 2. The number of aromatic nitrogens is 1. The van der Waals surface area contributed by atoms with Crippen molar-refractivity contribution in [3.8, 4) is 33.8 Å². The average Bonchev–Trinajstić information content (AvgIpc) is 2.61. The Morgan fingerprint density at radius 3 is 2.12 bits per heavy atom. The number of pyridine rings is 1. The zero-order chi connectivity index (χ0) is 17.1. The van der Waals surface area contributed by atoms with Gasteiger partial charge in [-0.15, -0.1) is 0 Å². The number of nitrogens with two attached hydrogens (primary N) is 2. The summed E-state index contributed by atoms with van der Waals surface area (Å²) in [4.78, 5) is 4.16. The van der Waals surface area contributed by atoms with Gasteiger partial charge in [0.05, 0.1) is 14.2 Å². The minimum Gasteiger partial charge on any atom is -0.493 e. The topological polar surface area (TPSA) is 83.4 Å². The van der Waals surface area contributed by atoms with E-state index in [1.54, 1.807) is 20.3 Å². The van der Waals surface area contributed by atoms with E-state index < -0.39 is 0 Å². The smallest absolute Gasteiger partial charge is 0.161 e. The molecule has 4 N–H and O–H groups in total. The van der Waals surface area contributed by atoms with Crippen LogP contribution in [-0.4, -0.2) is 19.2 Å². The summed E-state index contributed by atoms with van der Waals surface area (Å²) in [5, 5.41) is 0. The van der Waals surface area contributed by atoms with Gasteiger partial charge in [-0.25, -0.2) is 4.98 Å². The van der Waals surface area contributed by atoms with Crippen LogP contribution in [0.2, 0.25) is 0 Å². The molecule has 0 fully saturated rings. The molecule has 0 unspecified atom stereocenters. The Morgan fingerprint density at radius 1 is 0.750 bits per heavy atom. The Hall–Kier alpha value is -3.21. The molecule has 0 aliphatic carbocycles. The van der Waals surface area contributed by atoms with Crippen molar-refractivity contribution in [1.82, 2.24) is 4.98 Å². The second kappa shape index (κ2) is 6.50. The van der Waals surface area contributed by atoms with Crippen molar-refractivity contribution in [2.45, 2.75) is 0 Å². The highest BCUT2D eigenvalue weighted by molar-refractivity contribution is 5.88. The van der Waals surface area contributed by atoms with Gasteiger partial charge in [0.2, 0.25) is 0 Å². The van der Waals surface area contributed by atoms with Crippen molar-refractivity contribution in [1.29, 1.82) is 0 Å². The molecule has 24 heavy (non-hydrogen) atoms. The number of ether oxygens (including phenoxy) is 2. The van der Waals surface area contributed by atoms with Crippen LogP contribution in [-0.2, 0) is 0 Å². The Morgan fingerprint density at radius 2 is 1.46 bits per heavy atom. The van der Waals surface area contributed by atoms with Crippen LogP contribution in [0.3, 0.4) is 0 Å². The standard InChI is InChI=1S/C19H19N3O2/c1-23-16-9-7-12(11-17(16)24-2)13-5-3-4-6-14(13)15-8-10-18(20)22-19(15)21/h3-11H,1-2H3,(H4,20,21,22). The molecule has 0 aliphatic heterocycles. The van der Waals surface area contributed by atoms with Crippen molar-refractivity contribution in [2.75, 3.05) is 25.7 Å². The number of anilines is 2. The summed E-state index contributed by atoms with van der Waals surface area (Å²) < 4.78 is 10.7. The van der Waals surface area contributed by atoms with Gasteiger partial charge in [-0.2, -0.15) is 0 Å². The fraction of sp³-hybridized carbons (Fsp3) is 0.105. The van der Waals surface area contributed by atoms with Gasteiger partial charge in [0, 0.05) is 5.56 Å². The van der Waals surface area contributed by atoms with Crippen LogP contribution in [0.25, 0.3) is 22.3 Å². The highest BCUT2D eigenvalue weighted by Crippen LogP contribution is 2.38. The van der Waals surface area contributed by atoms with Crippen molar-refractivity contribution in [2.24, 2.45) is 0 Å². The second-order valence-corrected chi connectivity index (χ2v) is 5.28. The van der Waals surface area contributed by atoms with Gasteiger partial charge >= 0.3 is 0 Å². The first kappa shape index (κ1) is 15.7. The van der Waals surface area contributed by atoms with Crippen LogP contribution in [0.5, 0.6) is 11.5 Å². The van der Waals surface area contributed by atoms with E-state index >= 15 is 0 Å². The van der Waals surface area contributed by atoms with Gasteiger partial charge < -0.3 is 20.9 Å². The van der Waals surface area contributed by atoms with E-state index in [1.165, 1.54) is 0 Å². The Balaban J connectivity index is 2.17. The average molecular weight is 321 g/mol. The SMILES string of the molecule is COc1ccc(-c2ccccc2-c2ccc(N)nc2N)cc1OC. The lowest BCUT2D eigenvalue weighted by Gasteiger charge is -2.14. The Kier molecular flexibility index (Phi) is 4.24.